The summed E-state index contributed by atoms with van der Waals surface area (Å²) < 4.78 is 0. The van der Waals surface area contributed by atoms with E-state index in [1.54, 1.807) is 0 Å². The second kappa shape index (κ2) is 5.85. The summed E-state index contributed by atoms with van der Waals surface area (Å²) in [5, 5.41) is 1.97. The van der Waals surface area contributed by atoms with Crippen LogP contribution in [0.4, 0.5) is 0 Å². The number of hydrazine groups is 1. The molecule has 4 heteroatoms. The Hall–Kier alpha value is -0.740. The zero-order chi connectivity index (χ0) is 9.56. The molecule has 0 radical (unpaired) electrons. The number of hydrogen-bond acceptors (Lipinski definition) is 4. The molecule has 0 unspecified atom stereocenters. The van der Waals surface area contributed by atoms with Gasteiger partial charge in [-0.1, -0.05) is 0 Å². The Bertz CT molecular complexity index is 138. The highest BCUT2D eigenvalue weighted by atomic mass is 15.5. The first-order chi connectivity index (χ1) is 5.56. The van der Waals surface area contributed by atoms with Crippen molar-refractivity contribution >= 4 is 0 Å². The molecule has 0 aromatic heterocycles. The second-order valence-electron chi connectivity index (χ2n) is 3.09. The van der Waals surface area contributed by atoms with Gasteiger partial charge in [0.05, 0.1) is 0 Å². The summed E-state index contributed by atoms with van der Waals surface area (Å²) in [5.74, 6) is 0. The number of hydrogen-bond donors (Lipinski definition) is 2. The molecule has 0 fully saturated rings. The molecule has 3 N–H and O–H groups in total. The molecule has 0 saturated heterocycles. The Labute approximate surface area is 75.0 Å². The summed E-state index contributed by atoms with van der Waals surface area (Å²) in [6, 6.07) is 0. The van der Waals surface area contributed by atoms with Crippen molar-refractivity contribution in [1.82, 2.24) is 15.3 Å². The molecule has 0 aromatic carbocycles. The van der Waals surface area contributed by atoms with Crippen LogP contribution in [0.5, 0.6) is 0 Å². The van der Waals surface area contributed by atoms with Crippen LogP contribution in [0.2, 0.25) is 0 Å². The lowest BCUT2D eigenvalue weighted by Gasteiger charge is -2.21. The van der Waals surface area contributed by atoms with E-state index in [4.69, 9.17) is 5.73 Å². The van der Waals surface area contributed by atoms with E-state index in [9.17, 15) is 0 Å². The highest BCUT2D eigenvalue weighted by Crippen LogP contribution is 1.88. The molecule has 0 rings (SSSR count). The molecule has 0 spiro atoms. The molecular formula is C8H20N4. The molecule has 0 aromatic rings. The van der Waals surface area contributed by atoms with Crippen molar-refractivity contribution in [3.63, 3.8) is 0 Å². The molecule has 0 atom stereocenters. The first-order valence-electron chi connectivity index (χ1n) is 4.09. The number of allylic oxidation sites excluding steroid dienone is 1. The lowest BCUT2D eigenvalue weighted by atomic mass is 10.5. The van der Waals surface area contributed by atoms with E-state index in [0.29, 0.717) is 0 Å². The van der Waals surface area contributed by atoms with Gasteiger partial charge in [0.1, 0.15) is 0 Å². The number of nitrogens with two attached hydrogens (primary N) is 1. The van der Waals surface area contributed by atoms with Crippen molar-refractivity contribution < 1.29 is 0 Å². The standard InChI is InChI=1S/C8H20N4/c1-8(9)7-12(10-2)6-5-11(3)4/h7,10H,5-6,9H2,1-4H3/b8-7+. The smallest absolute Gasteiger partial charge is 0.0465 e. The minimum atomic E-state index is 0.808. The van der Waals surface area contributed by atoms with Gasteiger partial charge in [0.25, 0.3) is 0 Å². The molecule has 0 aliphatic carbocycles. The second-order valence-corrected chi connectivity index (χ2v) is 3.09. The van der Waals surface area contributed by atoms with Gasteiger partial charge in [-0.25, -0.2) is 5.43 Å². The van der Waals surface area contributed by atoms with Crippen LogP contribution in [0, 0.1) is 0 Å². The van der Waals surface area contributed by atoms with Crippen LogP contribution < -0.4 is 11.2 Å². The maximum Gasteiger partial charge on any atom is 0.0465 e. The third-order valence-corrected chi connectivity index (χ3v) is 1.43. The monoisotopic (exact) mass is 172 g/mol. The topological polar surface area (TPSA) is 44.5 Å². The Kier molecular flexibility index (Phi) is 5.49. The minimum absolute atomic E-state index is 0.808. The average Bonchev–Trinajstić information content (AvgIpc) is 1.97. The van der Waals surface area contributed by atoms with Crippen molar-refractivity contribution in [2.24, 2.45) is 5.73 Å². The molecule has 0 amide bonds. The van der Waals surface area contributed by atoms with Crippen molar-refractivity contribution in [2.75, 3.05) is 34.2 Å². The normalized spacial score (nSPS) is 12.2. The number of rotatable bonds is 5. The summed E-state index contributed by atoms with van der Waals surface area (Å²) in [6.07, 6.45) is 1.89. The molecular weight excluding hydrogens is 152 g/mol. The highest BCUT2D eigenvalue weighted by Gasteiger charge is 1.96. The quantitative estimate of drug-likeness (QED) is 0.564. The molecule has 72 valence electrons. The third-order valence-electron chi connectivity index (χ3n) is 1.43. The van der Waals surface area contributed by atoms with Gasteiger partial charge in [-0.05, 0) is 21.0 Å². The van der Waals surface area contributed by atoms with Crippen LogP contribution in [0.3, 0.4) is 0 Å². The lowest BCUT2D eigenvalue weighted by Crippen LogP contribution is -2.36. The predicted molar refractivity (Wildman–Crippen MR) is 52.3 cm³/mol. The van der Waals surface area contributed by atoms with Gasteiger partial charge in [-0.15, -0.1) is 0 Å². The third kappa shape index (κ3) is 6.00. The number of nitrogens with one attached hydrogen (secondary N) is 1. The van der Waals surface area contributed by atoms with Gasteiger partial charge >= 0.3 is 0 Å². The van der Waals surface area contributed by atoms with E-state index in [-0.39, 0.29) is 0 Å². The van der Waals surface area contributed by atoms with Crippen LogP contribution >= 0.6 is 0 Å². The van der Waals surface area contributed by atoms with E-state index in [1.165, 1.54) is 0 Å². The van der Waals surface area contributed by atoms with Gasteiger partial charge in [0.2, 0.25) is 0 Å². The van der Waals surface area contributed by atoms with Crippen molar-refractivity contribution in [2.45, 2.75) is 6.92 Å². The van der Waals surface area contributed by atoms with E-state index in [0.717, 1.165) is 18.8 Å². The molecule has 0 aliphatic rings. The number of likely N-dealkylation sites (N-methyl/N-ethyl adjacent to an activating group) is 1. The first kappa shape index (κ1) is 11.3. The Balaban J connectivity index is 3.76. The fraction of sp³-hybridized carbons (Fsp3) is 0.750. The van der Waals surface area contributed by atoms with Gasteiger partial charge < -0.3 is 15.6 Å². The summed E-state index contributed by atoms with van der Waals surface area (Å²) >= 11 is 0. The largest absolute Gasteiger partial charge is 0.401 e. The maximum atomic E-state index is 5.54. The molecule has 0 bridgehead atoms. The average molecular weight is 172 g/mol. The summed E-state index contributed by atoms with van der Waals surface area (Å²) in [5.41, 5.74) is 9.39. The van der Waals surface area contributed by atoms with Crippen molar-refractivity contribution in [3.05, 3.63) is 11.9 Å². The van der Waals surface area contributed by atoms with Crippen LogP contribution in [0.1, 0.15) is 6.92 Å². The fourth-order valence-corrected chi connectivity index (χ4v) is 0.794. The molecule has 0 aliphatic heterocycles. The minimum Gasteiger partial charge on any atom is -0.401 e. The van der Waals surface area contributed by atoms with E-state index >= 15 is 0 Å². The van der Waals surface area contributed by atoms with Gasteiger partial charge in [0, 0.05) is 32.0 Å². The van der Waals surface area contributed by atoms with Crippen LogP contribution in [0.15, 0.2) is 11.9 Å². The van der Waals surface area contributed by atoms with E-state index in [2.05, 4.69) is 10.3 Å². The number of nitrogens with zero attached hydrogens (tertiary/aromatic N) is 2. The molecule has 0 heterocycles. The maximum absolute atomic E-state index is 5.54. The van der Waals surface area contributed by atoms with Crippen molar-refractivity contribution in [1.29, 1.82) is 0 Å². The van der Waals surface area contributed by atoms with Crippen molar-refractivity contribution in [3.8, 4) is 0 Å². The van der Waals surface area contributed by atoms with Crippen LogP contribution in [-0.4, -0.2) is 44.1 Å². The summed E-state index contributed by atoms with van der Waals surface area (Å²) in [6.45, 7) is 3.81. The highest BCUT2D eigenvalue weighted by molar-refractivity contribution is 4.89. The predicted octanol–water partition coefficient (Wildman–Crippen LogP) is -0.196. The molecule has 12 heavy (non-hydrogen) atoms. The Morgan fingerprint density at radius 1 is 1.42 bits per heavy atom. The van der Waals surface area contributed by atoms with Crippen LogP contribution in [0.25, 0.3) is 0 Å². The van der Waals surface area contributed by atoms with E-state index < -0.39 is 0 Å². The zero-order valence-corrected chi connectivity index (χ0v) is 8.46. The van der Waals surface area contributed by atoms with Gasteiger partial charge in [-0.3, -0.25) is 0 Å². The zero-order valence-electron chi connectivity index (χ0n) is 8.46. The molecule has 0 saturated carbocycles. The molecule has 4 nitrogen and oxygen atoms in total. The van der Waals surface area contributed by atoms with E-state index in [1.807, 2.05) is 39.3 Å². The summed E-state index contributed by atoms with van der Waals surface area (Å²) in [4.78, 5) is 2.13. The van der Waals surface area contributed by atoms with Gasteiger partial charge in [0.15, 0.2) is 0 Å². The van der Waals surface area contributed by atoms with Crippen LogP contribution in [-0.2, 0) is 0 Å². The first-order valence-corrected chi connectivity index (χ1v) is 4.09. The Morgan fingerprint density at radius 2 is 2.00 bits per heavy atom. The van der Waals surface area contributed by atoms with Gasteiger partial charge in [-0.2, -0.15) is 0 Å². The fourth-order valence-electron chi connectivity index (χ4n) is 0.794. The lowest BCUT2D eigenvalue weighted by molar-refractivity contribution is 0.256. The Morgan fingerprint density at radius 3 is 2.33 bits per heavy atom. The SMILES string of the molecule is CNN(/C=C(\C)N)CCN(C)C. The summed E-state index contributed by atoms with van der Waals surface area (Å²) in [7, 11) is 5.98.